The standard InChI is InChI=1S/C32H19N3S/c1-2-10-20(11-3-1)31-23-13-4-6-15-24(23)33-32(34-31)35-25-16-8-14-22-21-12-5-7-18-27(21)36-28-19-9-17-26(35)30(28)29(22)25/h1-19H. The molecule has 0 saturated carbocycles. The van der Waals surface area contributed by atoms with Crippen LogP contribution in [0.1, 0.15) is 0 Å². The van der Waals surface area contributed by atoms with Crippen LogP contribution >= 0.6 is 11.3 Å². The van der Waals surface area contributed by atoms with Crippen LogP contribution < -0.4 is 0 Å². The first kappa shape index (κ1) is 19.7. The minimum absolute atomic E-state index is 0.695. The van der Waals surface area contributed by atoms with Gasteiger partial charge in [-0.05, 0) is 41.1 Å². The van der Waals surface area contributed by atoms with Gasteiger partial charge in [0.2, 0.25) is 5.95 Å². The molecule has 168 valence electrons. The summed E-state index contributed by atoms with van der Waals surface area (Å²) in [5, 5.41) is 6.11. The quantitative estimate of drug-likeness (QED) is 0.249. The molecule has 0 radical (unpaired) electrons. The summed E-state index contributed by atoms with van der Waals surface area (Å²) >= 11 is 1.84. The Labute approximate surface area is 210 Å². The highest BCUT2D eigenvalue weighted by molar-refractivity contribution is 7.24. The maximum atomic E-state index is 5.21. The van der Waals surface area contributed by atoms with Crippen LogP contribution in [0.15, 0.2) is 115 Å². The van der Waals surface area contributed by atoms with Gasteiger partial charge in [-0.1, -0.05) is 84.9 Å². The summed E-state index contributed by atoms with van der Waals surface area (Å²) in [4.78, 5) is 10.3. The lowest BCUT2D eigenvalue weighted by Crippen LogP contribution is -2.03. The molecule has 0 aliphatic heterocycles. The Morgan fingerprint density at radius 2 is 1.17 bits per heavy atom. The van der Waals surface area contributed by atoms with Crippen molar-refractivity contribution in [3.63, 3.8) is 0 Å². The molecule has 0 fully saturated rings. The Bertz CT molecular complexity index is 2100. The molecule has 0 N–H and O–H groups in total. The monoisotopic (exact) mass is 477 g/mol. The summed E-state index contributed by atoms with van der Waals surface area (Å²) in [7, 11) is 0. The molecule has 3 heterocycles. The zero-order valence-electron chi connectivity index (χ0n) is 19.2. The third-order valence-electron chi connectivity index (χ3n) is 7.01. The van der Waals surface area contributed by atoms with Crippen LogP contribution in [0, 0.1) is 0 Å². The summed E-state index contributed by atoms with van der Waals surface area (Å²) in [6.07, 6.45) is 0. The molecule has 0 spiro atoms. The van der Waals surface area contributed by atoms with Crippen LogP contribution in [0.2, 0.25) is 0 Å². The van der Waals surface area contributed by atoms with E-state index in [-0.39, 0.29) is 0 Å². The highest BCUT2D eigenvalue weighted by Crippen LogP contribution is 2.42. The largest absolute Gasteiger partial charge is 0.278 e. The zero-order chi connectivity index (χ0) is 23.6. The number of rotatable bonds is 2. The Kier molecular flexibility index (Phi) is 4.10. The Morgan fingerprint density at radius 1 is 0.500 bits per heavy atom. The number of para-hydroxylation sites is 1. The molecule has 0 bridgehead atoms. The van der Waals surface area contributed by atoms with E-state index in [9.17, 15) is 0 Å². The van der Waals surface area contributed by atoms with Gasteiger partial charge in [-0.15, -0.1) is 11.3 Å². The summed E-state index contributed by atoms with van der Waals surface area (Å²) < 4.78 is 4.79. The van der Waals surface area contributed by atoms with Gasteiger partial charge in [-0.2, -0.15) is 0 Å². The van der Waals surface area contributed by atoms with E-state index in [4.69, 9.17) is 9.97 Å². The van der Waals surface area contributed by atoms with E-state index in [0.29, 0.717) is 5.95 Å². The molecular weight excluding hydrogens is 458 g/mol. The fourth-order valence-electron chi connectivity index (χ4n) is 5.48. The molecule has 3 aromatic heterocycles. The number of nitrogens with zero attached hydrogens (tertiary/aromatic N) is 3. The maximum absolute atomic E-state index is 5.21. The second-order valence-corrected chi connectivity index (χ2v) is 10.1. The average Bonchev–Trinajstić information content (AvgIpc) is 3.20. The van der Waals surface area contributed by atoms with E-state index in [0.717, 1.165) is 33.2 Å². The molecule has 0 atom stereocenters. The van der Waals surface area contributed by atoms with Crippen LogP contribution in [-0.4, -0.2) is 14.5 Å². The van der Waals surface area contributed by atoms with Crippen LogP contribution in [-0.2, 0) is 0 Å². The first-order valence-electron chi connectivity index (χ1n) is 12.0. The molecule has 8 aromatic rings. The van der Waals surface area contributed by atoms with Crippen molar-refractivity contribution in [3.8, 4) is 17.2 Å². The van der Waals surface area contributed by atoms with Crippen molar-refractivity contribution < 1.29 is 0 Å². The van der Waals surface area contributed by atoms with E-state index < -0.39 is 0 Å². The smallest absolute Gasteiger partial charge is 0.235 e. The number of benzene rings is 5. The average molecular weight is 478 g/mol. The van der Waals surface area contributed by atoms with E-state index in [2.05, 4.69) is 108 Å². The van der Waals surface area contributed by atoms with Crippen molar-refractivity contribution in [3.05, 3.63) is 115 Å². The highest BCUT2D eigenvalue weighted by atomic mass is 32.1. The van der Waals surface area contributed by atoms with Crippen molar-refractivity contribution in [2.45, 2.75) is 0 Å². The van der Waals surface area contributed by atoms with E-state index in [1.54, 1.807) is 0 Å². The van der Waals surface area contributed by atoms with Gasteiger partial charge in [0.1, 0.15) is 0 Å². The van der Waals surface area contributed by atoms with Gasteiger partial charge in [-0.3, -0.25) is 4.57 Å². The van der Waals surface area contributed by atoms with Crippen LogP contribution in [0.4, 0.5) is 0 Å². The number of aromatic nitrogens is 3. The molecule has 36 heavy (non-hydrogen) atoms. The van der Waals surface area contributed by atoms with Gasteiger partial charge in [0.05, 0.1) is 22.2 Å². The molecule has 0 aliphatic carbocycles. The lowest BCUT2D eigenvalue weighted by molar-refractivity contribution is 1.01. The van der Waals surface area contributed by atoms with Gasteiger partial charge in [0.25, 0.3) is 0 Å². The van der Waals surface area contributed by atoms with Crippen molar-refractivity contribution in [2.24, 2.45) is 0 Å². The van der Waals surface area contributed by atoms with Crippen molar-refractivity contribution in [1.29, 1.82) is 0 Å². The molecule has 0 amide bonds. The van der Waals surface area contributed by atoms with Gasteiger partial charge in [0, 0.05) is 31.1 Å². The normalized spacial score (nSPS) is 11.9. The Hall–Kier alpha value is -4.54. The first-order valence-corrected chi connectivity index (χ1v) is 12.8. The fraction of sp³-hybridized carbons (Fsp3) is 0. The summed E-state index contributed by atoms with van der Waals surface area (Å²) in [5.41, 5.74) is 5.23. The van der Waals surface area contributed by atoms with Crippen LogP contribution in [0.5, 0.6) is 0 Å². The molecule has 3 nitrogen and oxygen atoms in total. The third-order valence-corrected chi connectivity index (χ3v) is 8.15. The lowest BCUT2D eigenvalue weighted by atomic mass is 10.1. The van der Waals surface area contributed by atoms with E-state index >= 15 is 0 Å². The van der Waals surface area contributed by atoms with Gasteiger partial charge >= 0.3 is 0 Å². The summed E-state index contributed by atoms with van der Waals surface area (Å²) in [6.45, 7) is 0. The highest BCUT2D eigenvalue weighted by Gasteiger charge is 2.20. The topological polar surface area (TPSA) is 30.7 Å². The van der Waals surface area contributed by atoms with Crippen molar-refractivity contribution >= 4 is 64.2 Å². The van der Waals surface area contributed by atoms with Gasteiger partial charge in [0.15, 0.2) is 0 Å². The predicted molar refractivity (Wildman–Crippen MR) is 152 cm³/mol. The fourth-order valence-corrected chi connectivity index (χ4v) is 6.60. The summed E-state index contributed by atoms with van der Waals surface area (Å²) in [6, 6.07) is 40.5. The van der Waals surface area contributed by atoms with Crippen LogP contribution in [0.3, 0.4) is 0 Å². The van der Waals surface area contributed by atoms with E-state index in [1.165, 1.54) is 30.9 Å². The molecule has 0 aliphatic rings. The molecule has 0 saturated heterocycles. The van der Waals surface area contributed by atoms with E-state index in [1.807, 2.05) is 23.5 Å². The minimum Gasteiger partial charge on any atom is -0.278 e. The molecular formula is C32H19N3S. The van der Waals surface area contributed by atoms with Crippen LogP contribution in [0.25, 0.3) is 70.1 Å². The Morgan fingerprint density at radius 3 is 2.06 bits per heavy atom. The number of fused-ring (bicyclic) bond motifs is 3. The number of hydrogen-bond donors (Lipinski definition) is 0. The maximum Gasteiger partial charge on any atom is 0.235 e. The molecule has 8 rings (SSSR count). The first-order chi connectivity index (χ1) is 17.9. The van der Waals surface area contributed by atoms with Crippen molar-refractivity contribution in [2.75, 3.05) is 0 Å². The molecule has 0 unspecified atom stereocenters. The van der Waals surface area contributed by atoms with Gasteiger partial charge in [-0.25, -0.2) is 9.97 Å². The third kappa shape index (κ3) is 2.73. The molecule has 4 heteroatoms. The SMILES string of the molecule is c1ccc(-c2nc(-n3c4cccc5sc6ccccc6c6cccc3c6c54)nc3ccccc23)cc1. The summed E-state index contributed by atoms with van der Waals surface area (Å²) in [5.74, 6) is 0.695. The van der Waals surface area contributed by atoms with Crippen molar-refractivity contribution in [1.82, 2.24) is 14.5 Å². The zero-order valence-corrected chi connectivity index (χ0v) is 20.0. The lowest BCUT2D eigenvalue weighted by Gasteiger charge is -2.11. The predicted octanol–water partition coefficient (Wildman–Crippen LogP) is 8.76. The molecule has 5 aromatic carbocycles. The van der Waals surface area contributed by atoms with Gasteiger partial charge < -0.3 is 0 Å². The second-order valence-electron chi connectivity index (χ2n) is 9.04. The number of hydrogen-bond acceptors (Lipinski definition) is 3. The Balaban J connectivity index is 1.57. The second kappa shape index (κ2) is 7.48. The minimum atomic E-state index is 0.695.